The SMILES string of the molecule is N#Cc1ccc(C#N)c2c1=NC(C#N)N=2.[H-].[Li+]. The summed E-state index contributed by atoms with van der Waals surface area (Å²) in [5.41, 5.74) is 0.677. The molecule has 0 fully saturated rings. The fraction of sp³-hybridized carbons (Fsp3) is 0.100. The van der Waals surface area contributed by atoms with Crippen LogP contribution in [-0.4, -0.2) is 6.17 Å². The maximum absolute atomic E-state index is 8.81. The molecular formula is C10H4LiN5. The minimum Gasteiger partial charge on any atom is -1.00 e. The number of fused-ring (bicyclic) bond motifs is 1. The molecule has 0 N–H and O–H groups in total. The number of rotatable bonds is 0. The molecule has 1 aromatic rings. The molecule has 0 atom stereocenters. The molecule has 1 aromatic carbocycles. The molecule has 0 amide bonds. The maximum atomic E-state index is 8.81. The van der Waals surface area contributed by atoms with Gasteiger partial charge < -0.3 is 1.43 Å². The van der Waals surface area contributed by atoms with Crippen molar-refractivity contribution in [2.75, 3.05) is 0 Å². The van der Waals surface area contributed by atoms with Crippen molar-refractivity contribution in [1.82, 2.24) is 0 Å². The second kappa shape index (κ2) is 4.60. The van der Waals surface area contributed by atoms with Crippen LogP contribution in [0.25, 0.3) is 0 Å². The molecule has 1 aliphatic heterocycles. The zero-order valence-electron chi connectivity index (χ0n) is 9.47. The quantitative estimate of drug-likeness (QED) is 0.410. The van der Waals surface area contributed by atoms with E-state index in [-0.39, 0.29) is 20.3 Å². The Morgan fingerprint density at radius 2 is 1.44 bits per heavy atom. The van der Waals surface area contributed by atoms with Gasteiger partial charge in [0.2, 0.25) is 6.17 Å². The van der Waals surface area contributed by atoms with Crippen LogP contribution in [0.4, 0.5) is 0 Å². The van der Waals surface area contributed by atoms with Crippen LogP contribution in [0.2, 0.25) is 0 Å². The fourth-order valence-electron chi connectivity index (χ4n) is 1.35. The van der Waals surface area contributed by atoms with E-state index >= 15 is 0 Å². The molecule has 0 aliphatic carbocycles. The molecule has 1 aliphatic rings. The Morgan fingerprint density at radius 1 is 1.00 bits per heavy atom. The fourth-order valence-corrected chi connectivity index (χ4v) is 1.35. The Kier molecular flexibility index (Phi) is 3.44. The van der Waals surface area contributed by atoms with Gasteiger partial charge in [-0.3, -0.25) is 0 Å². The van der Waals surface area contributed by atoms with Gasteiger partial charge in [-0.25, -0.2) is 9.98 Å². The normalized spacial score (nSPS) is 11.8. The second-order valence-corrected chi connectivity index (χ2v) is 2.84. The minimum absolute atomic E-state index is 0. The Balaban J connectivity index is 0.00000128. The zero-order valence-corrected chi connectivity index (χ0v) is 8.47. The molecule has 1 heterocycles. The molecular weight excluding hydrogens is 197 g/mol. The Hall–Kier alpha value is -2.11. The Labute approximate surface area is 105 Å². The first-order valence-corrected chi connectivity index (χ1v) is 4.08. The third-order valence-corrected chi connectivity index (χ3v) is 2.01. The average Bonchev–Trinajstić information content (AvgIpc) is 2.71. The maximum Gasteiger partial charge on any atom is 1.00 e. The van der Waals surface area contributed by atoms with Crippen LogP contribution in [-0.2, 0) is 0 Å². The van der Waals surface area contributed by atoms with Gasteiger partial charge >= 0.3 is 18.9 Å². The van der Waals surface area contributed by atoms with Crippen molar-refractivity contribution < 1.29 is 20.3 Å². The van der Waals surface area contributed by atoms with Crippen LogP contribution in [0.1, 0.15) is 12.6 Å². The van der Waals surface area contributed by atoms with Gasteiger partial charge in [-0.2, -0.15) is 15.8 Å². The molecule has 2 rings (SSSR count). The summed E-state index contributed by atoms with van der Waals surface area (Å²) < 4.78 is 0. The van der Waals surface area contributed by atoms with Gasteiger partial charge in [0.15, 0.2) is 0 Å². The third kappa shape index (κ3) is 1.69. The van der Waals surface area contributed by atoms with Crippen LogP contribution in [0, 0.1) is 34.0 Å². The molecule has 5 nitrogen and oxygen atoms in total. The molecule has 0 bridgehead atoms. The number of nitriles is 3. The van der Waals surface area contributed by atoms with Gasteiger partial charge in [0.05, 0.1) is 11.1 Å². The number of benzene rings is 1. The first-order chi connectivity index (χ1) is 7.30. The number of hydrogen-bond acceptors (Lipinski definition) is 5. The van der Waals surface area contributed by atoms with Crippen LogP contribution in [0.15, 0.2) is 22.1 Å². The van der Waals surface area contributed by atoms with Crippen molar-refractivity contribution in [3.05, 3.63) is 34.0 Å². The molecule has 0 unspecified atom stereocenters. The summed E-state index contributed by atoms with van der Waals surface area (Å²) in [5, 5.41) is 27.0. The van der Waals surface area contributed by atoms with Gasteiger partial charge in [-0.15, -0.1) is 0 Å². The molecule has 16 heavy (non-hydrogen) atoms. The van der Waals surface area contributed by atoms with Crippen LogP contribution in [0.3, 0.4) is 0 Å². The summed E-state index contributed by atoms with van der Waals surface area (Å²) in [5.74, 6) is 0. The molecule has 0 spiro atoms. The van der Waals surface area contributed by atoms with E-state index in [2.05, 4.69) is 9.98 Å². The van der Waals surface area contributed by atoms with E-state index < -0.39 is 6.17 Å². The first kappa shape index (κ1) is 12.0. The topological polar surface area (TPSA) is 96.1 Å². The van der Waals surface area contributed by atoms with Crippen LogP contribution < -0.4 is 29.6 Å². The zero-order chi connectivity index (χ0) is 10.8. The van der Waals surface area contributed by atoms with Crippen molar-refractivity contribution in [2.24, 2.45) is 9.98 Å². The Bertz CT molecular complexity index is 624. The number of nitrogens with zero attached hydrogens (tertiary/aromatic N) is 5. The summed E-state index contributed by atoms with van der Waals surface area (Å²) in [6.45, 7) is 0. The first-order valence-electron chi connectivity index (χ1n) is 4.08. The van der Waals surface area contributed by atoms with E-state index in [1.807, 2.05) is 18.2 Å². The summed E-state index contributed by atoms with van der Waals surface area (Å²) in [6.07, 6.45) is -0.832. The monoisotopic (exact) mass is 201 g/mol. The van der Waals surface area contributed by atoms with Gasteiger partial charge in [0, 0.05) is 0 Å². The Morgan fingerprint density at radius 3 is 1.75 bits per heavy atom. The van der Waals surface area contributed by atoms with Crippen LogP contribution >= 0.6 is 0 Å². The molecule has 0 radical (unpaired) electrons. The molecule has 0 saturated heterocycles. The largest absolute Gasteiger partial charge is 1.00 e. The van der Waals surface area contributed by atoms with Gasteiger partial charge in [0.1, 0.15) is 28.9 Å². The van der Waals surface area contributed by atoms with E-state index in [9.17, 15) is 0 Å². The summed E-state index contributed by atoms with van der Waals surface area (Å²) in [7, 11) is 0. The molecule has 70 valence electrons. The van der Waals surface area contributed by atoms with E-state index in [4.69, 9.17) is 15.8 Å². The van der Waals surface area contributed by atoms with Gasteiger partial charge in [-0.1, -0.05) is 0 Å². The van der Waals surface area contributed by atoms with E-state index in [1.165, 1.54) is 12.1 Å². The van der Waals surface area contributed by atoms with Crippen LogP contribution in [0.5, 0.6) is 0 Å². The van der Waals surface area contributed by atoms with Gasteiger partial charge in [0.25, 0.3) is 0 Å². The van der Waals surface area contributed by atoms with Crippen molar-refractivity contribution >= 4 is 0 Å². The third-order valence-electron chi connectivity index (χ3n) is 2.01. The van der Waals surface area contributed by atoms with Crippen molar-refractivity contribution in [2.45, 2.75) is 6.17 Å². The van der Waals surface area contributed by atoms with Crippen molar-refractivity contribution in [3.63, 3.8) is 0 Å². The van der Waals surface area contributed by atoms with Crippen molar-refractivity contribution in [1.29, 1.82) is 15.8 Å². The van der Waals surface area contributed by atoms with E-state index in [0.717, 1.165) is 0 Å². The van der Waals surface area contributed by atoms with Gasteiger partial charge in [-0.05, 0) is 12.1 Å². The minimum atomic E-state index is -0.832. The molecule has 0 aromatic heterocycles. The van der Waals surface area contributed by atoms with Crippen molar-refractivity contribution in [3.8, 4) is 18.2 Å². The number of hydrogen-bond donors (Lipinski definition) is 0. The van der Waals surface area contributed by atoms with E-state index in [1.54, 1.807) is 0 Å². The van der Waals surface area contributed by atoms with E-state index in [0.29, 0.717) is 21.8 Å². The smallest absolute Gasteiger partial charge is 1.00 e. The molecule has 6 heteroatoms. The molecule has 0 saturated carbocycles. The second-order valence-electron chi connectivity index (χ2n) is 2.84. The summed E-state index contributed by atoms with van der Waals surface area (Å²) in [4.78, 5) is 7.90. The predicted octanol–water partition coefficient (Wildman–Crippen LogP) is -3.35. The summed E-state index contributed by atoms with van der Waals surface area (Å²) >= 11 is 0. The standard InChI is InChI=1S/C10H3N5.Li.H/c11-3-6-1-2-7(4-12)10-9(6)14-8(5-13)15-10;;/h1-2,8H;;/q;+1;-1. The predicted molar refractivity (Wildman–Crippen MR) is 48.7 cm³/mol. The summed E-state index contributed by atoms with van der Waals surface area (Å²) in [6, 6.07) is 8.78. The average molecular weight is 201 g/mol.